The lowest BCUT2D eigenvalue weighted by Gasteiger charge is -2.44. The summed E-state index contributed by atoms with van der Waals surface area (Å²) in [7, 11) is 4.07. The third-order valence-electron chi connectivity index (χ3n) is 5.75. The van der Waals surface area contributed by atoms with Gasteiger partial charge in [-0.1, -0.05) is 17.7 Å². The maximum Gasteiger partial charge on any atom is 0.145 e. The van der Waals surface area contributed by atoms with E-state index in [1.165, 1.54) is 0 Å². The van der Waals surface area contributed by atoms with Crippen LogP contribution in [0.25, 0.3) is 0 Å². The topological polar surface area (TPSA) is 84.8 Å². The Morgan fingerprint density at radius 1 is 1.30 bits per heavy atom. The molecule has 0 aromatic heterocycles. The van der Waals surface area contributed by atoms with Gasteiger partial charge in [-0.3, -0.25) is 24.8 Å². The van der Waals surface area contributed by atoms with Crippen molar-refractivity contribution in [3.8, 4) is 0 Å². The van der Waals surface area contributed by atoms with Gasteiger partial charge in [-0.05, 0) is 31.8 Å². The van der Waals surface area contributed by atoms with Crippen molar-refractivity contribution in [1.82, 2.24) is 20.0 Å². The average Bonchev–Trinajstić information content (AvgIpc) is 2.74. The Kier molecular flexibility index (Phi) is 6.33. The normalized spacial score (nSPS) is 26.0. The predicted molar refractivity (Wildman–Crippen MR) is 119 cm³/mol. The van der Waals surface area contributed by atoms with Gasteiger partial charge in [-0.25, -0.2) is 4.39 Å². The summed E-state index contributed by atoms with van der Waals surface area (Å²) in [6.07, 6.45) is 1.60. The Morgan fingerprint density at radius 2 is 2.07 bits per heavy atom. The predicted octanol–water partition coefficient (Wildman–Crippen LogP) is 0.795. The van der Waals surface area contributed by atoms with Crippen LogP contribution < -0.4 is 11.1 Å². The summed E-state index contributed by atoms with van der Waals surface area (Å²) >= 11 is 5.89. The van der Waals surface area contributed by atoms with Crippen LogP contribution in [0.3, 0.4) is 0 Å². The first kappa shape index (κ1) is 21.2. The molecule has 0 bridgehead atoms. The van der Waals surface area contributed by atoms with Gasteiger partial charge in [0.15, 0.2) is 0 Å². The first-order chi connectivity index (χ1) is 14.4. The number of hydrogen-bond acceptors (Lipinski definition) is 8. The SMILES string of the molecule is CN(C)CC(c1ccc(Cl)c(F)c1)N1CCN(C2N=CNC3=NCC(N)=NC32)CC1. The summed E-state index contributed by atoms with van der Waals surface area (Å²) in [5, 5.41) is 3.25. The minimum absolute atomic E-state index is 0.0888. The summed E-state index contributed by atoms with van der Waals surface area (Å²) in [5.74, 6) is 0.996. The fourth-order valence-corrected chi connectivity index (χ4v) is 4.36. The van der Waals surface area contributed by atoms with E-state index in [0.717, 1.165) is 44.1 Å². The molecular formula is C20H28ClFN8. The number of rotatable bonds is 5. The molecule has 0 saturated carbocycles. The second-order valence-electron chi connectivity index (χ2n) is 8.13. The number of fused-ring (bicyclic) bond motifs is 1. The van der Waals surface area contributed by atoms with Gasteiger partial charge in [0.25, 0.3) is 0 Å². The number of hydrogen-bond donors (Lipinski definition) is 2. The van der Waals surface area contributed by atoms with Crippen LogP contribution in [-0.4, -0.2) is 98.3 Å². The van der Waals surface area contributed by atoms with E-state index in [1.807, 2.05) is 20.2 Å². The summed E-state index contributed by atoms with van der Waals surface area (Å²) in [5.41, 5.74) is 6.86. The van der Waals surface area contributed by atoms with Gasteiger partial charge in [0.05, 0.1) is 17.9 Å². The molecule has 1 fully saturated rings. The van der Waals surface area contributed by atoms with E-state index in [0.29, 0.717) is 12.4 Å². The zero-order valence-corrected chi connectivity index (χ0v) is 18.1. The van der Waals surface area contributed by atoms with Crippen molar-refractivity contribution >= 4 is 29.6 Å². The molecular weight excluding hydrogens is 407 g/mol. The molecule has 1 aromatic carbocycles. The van der Waals surface area contributed by atoms with Crippen molar-refractivity contribution < 1.29 is 4.39 Å². The van der Waals surface area contributed by atoms with Gasteiger partial charge in [-0.15, -0.1) is 0 Å². The smallest absolute Gasteiger partial charge is 0.145 e. The standard InChI is InChI=1S/C20H28ClFN8/c1-28(2)11-16(13-3-4-14(21)15(22)9-13)29-5-7-30(8-6-29)20-18-19(25-12-26-20)24-10-17(23)27-18/h3-4,9,12,16,18,20H,5-8,10-11H2,1-2H3,(H2,23,27)(H,24,25,26). The fourth-order valence-electron chi connectivity index (χ4n) is 4.25. The number of piperazine rings is 1. The van der Waals surface area contributed by atoms with E-state index < -0.39 is 0 Å². The lowest BCUT2D eigenvalue weighted by Crippen LogP contribution is -2.59. The Hall–Kier alpha value is -2.07. The van der Waals surface area contributed by atoms with Gasteiger partial charge < -0.3 is 16.0 Å². The van der Waals surface area contributed by atoms with Crippen LogP contribution in [0.1, 0.15) is 11.6 Å². The Bertz CT molecular complexity index is 862. The molecule has 0 amide bonds. The summed E-state index contributed by atoms with van der Waals surface area (Å²) < 4.78 is 14.1. The van der Waals surface area contributed by atoms with E-state index in [1.54, 1.807) is 18.5 Å². The minimum atomic E-state index is -0.375. The number of benzene rings is 1. The maximum absolute atomic E-state index is 14.1. The fraction of sp³-hybridized carbons (Fsp3) is 0.550. The number of likely N-dealkylation sites (N-methyl/N-ethyl adjacent to an activating group) is 1. The van der Waals surface area contributed by atoms with E-state index in [-0.39, 0.29) is 29.1 Å². The molecule has 1 aromatic rings. The maximum atomic E-state index is 14.1. The number of nitrogens with zero attached hydrogens (tertiary/aromatic N) is 6. The number of nitrogens with two attached hydrogens (primary N) is 1. The largest absolute Gasteiger partial charge is 0.386 e. The molecule has 10 heteroatoms. The van der Waals surface area contributed by atoms with E-state index in [9.17, 15) is 4.39 Å². The minimum Gasteiger partial charge on any atom is -0.386 e. The summed E-state index contributed by atoms with van der Waals surface area (Å²) in [6.45, 7) is 4.59. The van der Waals surface area contributed by atoms with Crippen molar-refractivity contribution in [3.05, 3.63) is 34.6 Å². The third-order valence-corrected chi connectivity index (χ3v) is 6.06. The van der Waals surface area contributed by atoms with Gasteiger partial charge in [0.1, 0.15) is 29.7 Å². The van der Waals surface area contributed by atoms with Crippen LogP contribution >= 0.6 is 11.6 Å². The lowest BCUT2D eigenvalue weighted by molar-refractivity contribution is 0.0591. The number of aliphatic imine (C=N–C) groups is 3. The zero-order chi connectivity index (χ0) is 21.3. The van der Waals surface area contributed by atoms with Crippen molar-refractivity contribution in [3.63, 3.8) is 0 Å². The molecule has 3 aliphatic heterocycles. The first-order valence-electron chi connectivity index (χ1n) is 10.1. The van der Waals surface area contributed by atoms with Crippen molar-refractivity contribution in [2.75, 3.05) is 53.4 Å². The highest BCUT2D eigenvalue weighted by atomic mass is 35.5. The average molecular weight is 435 g/mol. The molecule has 162 valence electrons. The van der Waals surface area contributed by atoms with Crippen molar-refractivity contribution in [2.24, 2.45) is 20.7 Å². The van der Waals surface area contributed by atoms with Crippen molar-refractivity contribution in [2.45, 2.75) is 18.2 Å². The van der Waals surface area contributed by atoms with Crippen LogP contribution in [0, 0.1) is 5.82 Å². The van der Waals surface area contributed by atoms with Crippen molar-refractivity contribution in [1.29, 1.82) is 0 Å². The van der Waals surface area contributed by atoms with Gasteiger partial charge >= 0.3 is 0 Å². The molecule has 3 aliphatic rings. The van der Waals surface area contributed by atoms with E-state index >= 15 is 0 Å². The Labute approximate surface area is 181 Å². The highest BCUT2D eigenvalue weighted by molar-refractivity contribution is 6.30. The molecule has 0 aliphatic carbocycles. The second-order valence-corrected chi connectivity index (χ2v) is 8.53. The number of nitrogens with one attached hydrogen (secondary N) is 1. The summed E-state index contributed by atoms with van der Waals surface area (Å²) in [4.78, 5) is 20.5. The molecule has 4 rings (SSSR count). The number of amidine groups is 2. The highest BCUT2D eigenvalue weighted by Crippen LogP contribution is 2.27. The molecule has 3 heterocycles. The molecule has 3 unspecified atom stereocenters. The zero-order valence-electron chi connectivity index (χ0n) is 17.3. The molecule has 3 atom stereocenters. The second kappa shape index (κ2) is 8.97. The molecule has 8 nitrogen and oxygen atoms in total. The molecule has 30 heavy (non-hydrogen) atoms. The van der Waals surface area contributed by atoms with Crippen LogP contribution in [0.4, 0.5) is 4.39 Å². The summed E-state index contributed by atoms with van der Waals surface area (Å²) in [6, 6.07) is 5.03. The third kappa shape index (κ3) is 4.49. The van der Waals surface area contributed by atoms with Gasteiger partial charge in [0.2, 0.25) is 0 Å². The number of halogens is 2. The van der Waals surface area contributed by atoms with E-state index in [2.05, 4.69) is 35.0 Å². The molecule has 3 N–H and O–H groups in total. The lowest BCUT2D eigenvalue weighted by atomic mass is 10.0. The molecule has 1 saturated heterocycles. The Balaban J connectivity index is 1.47. The quantitative estimate of drug-likeness (QED) is 0.716. The monoisotopic (exact) mass is 434 g/mol. The molecule has 0 radical (unpaired) electrons. The van der Waals surface area contributed by atoms with Crippen LogP contribution in [0.2, 0.25) is 5.02 Å². The van der Waals surface area contributed by atoms with Gasteiger partial charge in [0, 0.05) is 38.8 Å². The van der Waals surface area contributed by atoms with Gasteiger partial charge in [-0.2, -0.15) is 0 Å². The molecule has 0 spiro atoms. The first-order valence-corrected chi connectivity index (χ1v) is 10.5. The van der Waals surface area contributed by atoms with E-state index in [4.69, 9.17) is 17.3 Å². The van der Waals surface area contributed by atoms with Crippen LogP contribution in [0.5, 0.6) is 0 Å². The van der Waals surface area contributed by atoms with Crippen LogP contribution in [-0.2, 0) is 0 Å². The highest BCUT2D eigenvalue weighted by Gasteiger charge is 2.37. The Morgan fingerprint density at radius 3 is 2.77 bits per heavy atom. The van der Waals surface area contributed by atoms with Crippen LogP contribution in [0.15, 0.2) is 33.2 Å².